The highest BCUT2D eigenvalue weighted by Crippen LogP contribution is 2.47. The van der Waals surface area contributed by atoms with E-state index in [0.717, 1.165) is 21.9 Å². The van der Waals surface area contributed by atoms with Gasteiger partial charge in [-0.05, 0) is 30.2 Å². The van der Waals surface area contributed by atoms with Gasteiger partial charge in [0, 0.05) is 42.8 Å². The van der Waals surface area contributed by atoms with Gasteiger partial charge in [-0.2, -0.15) is 0 Å². The first-order chi connectivity index (χ1) is 15.3. The Labute approximate surface area is 199 Å². The van der Waals surface area contributed by atoms with Crippen molar-refractivity contribution in [3.05, 3.63) is 40.0 Å². The minimum absolute atomic E-state index is 0.0563. The first-order valence-electron chi connectivity index (χ1n) is 10.1. The van der Waals surface area contributed by atoms with Gasteiger partial charge < -0.3 is 19.9 Å². The van der Waals surface area contributed by atoms with E-state index in [-0.39, 0.29) is 29.7 Å². The number of anilines is 1. The molecule has 1 spiro atoms. The van der Waals surface area contributed by atoms with E-state index in [2.05, 4.69) is 10.3 Å². The molecule has 170 valence electrons. The number of hydrogen-bond acceptors (Lipinski definition) is 7. The van der Waals surface area contributed by atoms with Gasteiger partial charge in [-0.15, -0.1) is 23.1 Å². The SMILES string of the molecule is CNC(=O)CSc1cnc(CC(=O)N2CC3(CCN(C(=O)OC)C3)c3cc(Cl)ccc32)s1. The first kappa shape index (κ1) is 22.9. The van der Waals surface area contributed by atoms with Crippen LogP contribution in [0.2, 0.25) is 5.02 Å². The Morgan fingerprint density at radius 2 is 2.16 bits per heavy atom. The third-order valence-corrected chi connectivity index (χ3v) is 8.26. The number of ether oxygens (including phenoxy) is 1. The van der Waals surface area contributed by atoms with Gasteiger partial charge in [-0.3, -0.25) is 9.59 Å². The number of rotatable bonds is 5. The predicted molar refractivity (Wildman–Crippen MR) is 125 cm³/mol. The maximum atomic E-state index is 13.3. The average Bonchev–Trinajstić information content (AvgIpc) is 3.50. The topological polar surface area (TPSA) is 91.8 Å². The largest absolute Gasteiger partial charge is 0.453 e. The summed E-state index contributed by atoms with van der Waals surface area (Å²) in [6, 6.07) is 5.56. The summed E-state index contributed by atoms with van der Waals surface area (Å²) in [5, 5.41) is 3.89. The Morgan fingerprint density at radius 1 is 1.34 bits per heavy atom. The number of aromatic nitrogens is 1. The van der Waals surface area contributed by atoms with Gasteiger partial charge in [0.1, 0.15) is 5.01 Å². The maximum absolute atomic E-state index is 13.3. The van der Waals surface area contributed by atoms with Gasteiger partial charge in [-0.1, -0.05) is 11.6 Å². The summed E-state index contributed by atoms with van der Waals surface area (Å²) in [5.74, 6) is 0.196. The third kappa shape index (κ3) is 4.44. The second-order valence-electron chi connectivity index (χ2n) is 7.77. The van der Waals surface area contributed by atoms with Crippen LogP contribution in [0.15, 0.2) is 28.6 Å². The number of methoxy groups -OCH3 is 1. The molecule has 3 heterocycles. The van der Waals surface area contributed by atoms with Crippen molar-refractivity contribution in [3.63, 3.8) is 0 Å². The van der Waals surface area contributed by atoms with Crippen LogP contribution in [-0.2, 0) is 26.2 Å². The van der Waals surface area contributed by atoms with E-state index in [0.29, 0.717) is 35.4 Å². The van der Waals surface area contributed by atoms with Crippen molar-refractivity contribution in [2.45, 2.75) is 22.5 Å². The molecular weight excluding hydrogens is 472 g/mol. The number of amides is 3. The van der Waals surface area contributed by atoms with Gasteiger partial charge in [0.2, 0.25) is 11.8 Å². The molecule has 1 fully saturated rings. The monoisotopic (exact) mass is 494 g/mol. The van der Waals surface area contributed by atoms with Gasteiger partial charge in [-0.25, -0.2) is 9.78 Å². The molecule has 4 rings (SSSR count). The van der Waals surface area contributed by atoms with Gasteiger partial charge in [0.25, 0.3) is 0 Å². The molecule has 11 heteroatoms. The Morgan fingerprint density at radius 3 is 2.91 bits per heavy atom. The fourth-order valence-corrected chi connectivity index (χ4v) is 6.30. The zero-order chi connectivity index (χ0) is 22.9. The summed E-state index contributed by atoms with van der Waals surface area (Å²) in [5.41, 5.74) is 1.46. The van der Waals surface area contributed by atoms with Crippen molar-refractivity contribution >= 4 is 58.3 Å². The van der Waals surface area contributed by atoms with Crippen molar-refractivity contribution in [3.8, 4) is 0 Å². The molecule has 8 nitrogen and oxygen atoms in total. The van der Waals surface area contributed by atoms with Crippen molar-refractivity contribution in [2.75, 3.05) is 44.4 Å². The summed E-state index contributed by atoms with van der Waals surface area (Å²) in [6.45, 7) is 1.53. The van der Waals surface area contributed by atoms with Crippen molar-refractivity contribution < 1.29 is 19.1 Å². The number of carbonyl (C=O) groups is 3. The molecule has 2 aliphatic rings. The van der Waals surface area contributed by atoms with Crippen molar-refractivity contribution in [2.24, 2.45) is 0 Å². The number of thiazole rings is 1. The first-order valence-corrected chi connectivity index (χ1v) is 12.2. The van der Waals surface area contributed by atoms with Crippen LogP contribution in [0, 0.1) is 0 Å². The Balaban J connectivity index is 1.51. The third-order valence-electron chi connectivity index (χ3n) is 5.83. The number of likely N-dealkylation sites (tertiary alicyclic amines) is 1. The fraction of sp³-hybridized carbons (Fsp3) is 0.429. The molecule has 0 bridgehead atoms. The lowest BCUT2D eigenvalue weighted by molar-refractivity contribution is -0.118. The highest BCUT2D eigenvalue weighted by molar-refractivity contribution is 8.01. The van der Waals surface area contributed by atoms with Crippen molar-refractivity contribution in [1.29, 1.82) is 0 Å². The van der Waals surface area contributed by atoms with E-state index in [1.807, 2.05) is 12.1 Å². The van der Waals surface area contributed by atoms with Crippen LogP contribution in [0.4, 0.5) is 10.5 Å². The number of nitrogens with one attached hydrogen (secondary N) is 1. The summed E-state index contributed by atoms with van der Waals surface area (Å²) in [4.78, 5) is 44.6. The zero-order valence-electron chi connectivity index (χ0n) is 17.7. The van der Waals surface area contributed by atoms with Gasteiger partial charge in [0.15, 0.2) is 0 Å². The molecular formula is C21H23ClN4O4S2. The van der Waals surface area contributed by atoms with Crippen LogP contribution >= 0.6 is 34.7 Å². The number of fused-ring (bicyclic) bond motifs is 2. The maximum Gasteiger partial charge on any atom is 0.409 e. The summed E-state index contributed by atoms with van der Waals surface area (Å²) >= 11 is 9.11. The predicted octanol–water partition coefficient (Wildman–Crippen LogP) is 2.93. The van der Waals surface area contributed by atoms with Crippen LogP contribution in [-0.4, -0.2) is 67.3 Å². The molecule has 32 heavy (non-hydrogen) atoms. The van der Waals surface area contributed by atoms with E-state index in [1.54, 1.807) is 29.1 Å². The minimum atomic E-state index is -0.361. The molecule has 3 amide bonds. The Bertz CT molecular complexity index is 1060. The summed E-state index contributed by atoms with van der Waals surface area (Å²) in [7, 11) is 2.97. The molecule has 0 aliphatic carbocycles. The number of thioether (sulfide) groups is 1. The fourth-order valence-electron chi connectivity index (χ4n) is 4.25. The van der Waals surface area contributed by atoms with Crippen LogP contribution in [0.3, 0.4) is 0 Å². The second kappa shape index (κ2) is 9.29. The molecule has 1 atom stereocenters. The second-order valence-corrected chi connectivity index (χ2v) is 10.6. The minimum Gasteiger partial charge on any atom is -0.453 e. The summed E-state index contributed by atoms with van der Waals surface area (Å²) < 4.78 is 5.79. The number of hydrogen-bond donors (Lipinski definition) is 1. The van der Waals surface area contributed by atoms with Gasteiger partial charge in [0.05, 0.1) is 29.7 Å². The van der Waals surface area contributed by atoms with Gasteiger partial charge >= 0.3 is 6.09 Å². The molecule has 1 aromatic heterocycles. The highest BCUT2D eigenvalue weighted by Gasteiger charge is 2.50. The standard InChI is InChI=1S/C21H23ClN4O4S2/c1-23-16(27)10-31-19-9-24-17(32-19)8-18(28)26-12-21(5-6-25(11-21)20(29)30-2)14-7-13(22)3-4-15(14)26/h3-4,7,9H,5-6,8,10-12H2,1-2H3,(H,23,27). The number of carbonyl (C=O) groups excluding carboxylic acids is 3. The summed E-state index contributed by atoms with van der Waals surface area (Å²) in [6.07, 6.45) is 2.24. The lowest BCUT2D eigenvalue weighted by Crippen LogP contribution is -2.40. The van der Waals surface area contributed by atoms with E-state index >= 15 is 0 Å². The molecule has 0 saturated carbocycles. The van der Waals surface area contributed by atoms with E-state index in [4.69, 9.17) is 16.3 Å². The van der Waals surface area contributed by atoms with Crippen LogP contribution < -0.4 is 10.2 Å². The molecule has 1 saturated heterocycles. The smallest absolute Gasteiger partial charge is 0.409 e. The number of nitrogens with zero attached hydrogens (tertiary/aromatic N) is 3. The molecule has 1 N–H and O–H groups in total. The van der Waals surface area contributed by atoms with Crippen LogP contribution in [0.5, 0.6) is 0 Å². The van der Waals surface area contributed by atoms with E-state index in [9.17, 15) is 14.4 Å². The zero-order valence-corrected chi connectivity index (χ0v) is 20.1. The molecule has 0 radical (unpaired) electrons. The quantitative estimate of drug-likeness (QED) is 0.642. The molecule has 2 aliphatic heterocycles. The van der Waals surface area contributed by atoms with Crippen LogP contribution in [0.25, 0.3) is 0 Å². The normalized spacial score (nSPS) is 19.3. The lowest BCUT2D eigenvalue weighted by Gasteiger charge is -2.25. The number of benzene rings is 1. The number of halogens is 1. The van der Waals surface area contributed by atoms with E-state index < -0.39 is 0 Å². The van der Waals surface area contributed by atoms with Crippen LogP contribution in [0.1, 0.15) is 17.0 Å². The van der Waals surface area contributed by atoms with E-state index in [1.165, 1.54) is 30.2 Å². The Kier molecular flexibility index (Phi) is 6.64. The molecule has 2 aromatic rings. The average molecular weight is 495 g/mol. The molecule has 1 aromatic carbocycles. The van der Waals surface area contributed by atoms with Crippen molar-refractivity contribution in [1.82, 2.24) is 15.2 Å². The highest BCUT2D eigenvalue weighted by atomic mass is 35.5. The lowest BCUT2D eigenvalue weighted by atomic mass is 9.81. The Hall–Kier alpha value is -2.30. The molecule has 1 unspecified atom stereocenters.